The van der Waals surface area contributed by atoms with Gasteiger partial charge in [0, 0.05) is 10.6 Å². The monoisotopic (exact) mass is 210 g/mol. The van der Waals surface area contributed by atoms with Gasteiger partial charge in [-0.2, -0.15) is 0 Å². The minimum absolute atomic E-state index is 0.635. The van der Waals surface area contributed by atoms with Gasteiger partial charge < -0.3 is 4.74 Å². The molecule has 1 unspecified atom stereocenters. The van der Waals surface area contributed by atoms with Gasteiger partial charge in [-0.3, -0.25) is 4.21 Å². The predicted octanol–water partition coefficient (Wildman–Crippen LogP) is 2.38. The molecule has 1 atom stereocenters. The molecule has 76 valence electrons. The van der Waals surface area contributed by atoms with Crippen LogP contribution in [0, 0.1) is 0 Å². The standard InChI is InChI=1S/C11H14O2S/c1-3-4-9-14(12)11-7-5-10(13-2)6-8-11/h3,5-8H,1,4,9H2,2H3. The maximum atomic E-state index is 11.6. The van der Waals surface area contributed by atoms with Gasteiger partial charge in [-0.05, 0) is 30.7 Å². The molecule has 1 rings (SSSR count). The highest BCUT2D eigenvalue weighted by atomic mass is 32.2. The first kappa shape index (κ1) is 11.0. The lowest BCUT2D eigenvalue weighted by molar-refractivity contribution is 0.414. The minimum Gasteiger partial charge on any atom is -0.497 e. The Labute approximate surface area is 87.1 Å². The van der Waals surface area contributed by atoms with Crippen molar-refractivity contribution in [3.05, 3.63) is 36.9 Å². The van der Waals surface area contributed by atoms with E-state index in [1.54, 1.807) is 13.2 Å². The van der Waals surface area contributed by atoms with E-state index in [0.717, 1.165) is 17.1 Å². The van der Waals surface area contributed by atoms with Crippen molar-refractivity contribution < 1.29 is 8.95 Å². The van der Waals surface area contributed by atoms with E-state index >= 15 is 0 Å². The van der Waals surface area contributed by atoms with E-state index in [0.29, 0.717) is 5.75 Å². The molecule has 1 aromatic rings. The van der Waals surface area contributed by atoms with Crippen LogP contribution in [-0.4, -0.2) is 17.1 Å². The van der Waals surface area contributed by atoms with Gasteiger partial charge in [-0.1, -0.05) is 6.08 Å². The zero-order chi connectivity index (χ0) is 10.4. The second-order valence-corrected chi connectivity index (χ2v) is 4.37. The normalized spacial score (nSPS) is 12.1. The Hall–Kier alpha value is -1.09. The molecule has 0 amide bonds. The number of rotatable bonds is 5. The first-order valence-corrected chi connectivity index (χ1v) is 5.73. The third-order valence-corrected chi connectivity index (χ3v) is 3.23. The number of methoxy groups -OCH3 is 1. The average Bonchev–Trinajstić information content (AvgIpc) is 2.26. The van der Waals surface area contributed by atoms with Crippen molar-refractivity contribution in [1.82, 2.24) is 0 Å². The summed E-state index contributed by atoms with van der Waals surface area (Å²) in [4.78, 5) is 0.840. The van der Waals surface area contributed by atoms with Gasteiger partial charge >= 0.3 is 0 Å². The summed E-state index contributed by atoms with van der Waals surface area (Å²) in [5.74, 6) is 1.42. The van der Waals surface area contributed by atoms with Crippen molar-refractivity contribution in [3.63, 3.8) is 0 Å². The minimum atomic E-state index is -0.920. The van der Waals surface area contributed by atoms with E-state index in [2.05, 4.69) is 6.58 Å². The number of ether oxygens (including phenoxy) is 1. The highest BCUT2D eigenvalue weighted by Crippen LogP contribution is 2.14. The van der Waals surface area contributed by atoms with Gasteiger partial charge in [0.1, 0.15) is 5.75 Å². The lowest BCUT2D eigenvalue weighted by Crippen LogP contribution is -1.96. The fraction of sp³-hybridized carbons (Fsp3) is 0.273. The van der Waals surface area contributed by atoms with Crippen molar-refractivity contribution in [1.29, 1.82) is 0 Å². The van der Waals surface area contributed by atoms with Crippen LogP contribution < -0.4 is 4.74 Å². The van der Waals surface area contributed by atoms with Gasteiger partial charge in [-0.15, -0.1) is 6.58 Å². The van der Waals surface area contributed by atoms with E-state index in [1.165, 1.54) is 0 Å². The fourth-order valence-corrected chi connectivity index (χ4v) is 2.09. The molecule has 0 fully saturated rings. The Morgan fingerprint density at radius 3 is 2.57 bits per heavy atom. The van der Waals surface area contributed by atoms with Crippen LogP contribution in [0.5, 0.6) is 5.75 Å². The summed E-state index contributed by atoms with van der Waals surface area (Å²) in [6.45, 7) is 3.60. The third kappa shape index (κ3) is 3.00. The number of hydrogen-bond donors (Lipinski definition) is 0. The molecule has 0 aliphatic heterocycles. The summed E-state index contributed by atoms with van der Waals surface area (Å²) in [5.41, 5.74) is 0. The summed E-state index contributed by atoms with van der Waals surface area (Å²) in [6, 6.07) is 7.30. The highest BCUT2D eigenvalue weighted by Gasteiger charge is 2.02. The Kier molecular flexibility index (Phi) is 4.40. The summed E-state index contributed by atoms with van der Waals surface area (Å²) >= 11 is 0. The van der Waals surface area contributed by atoms with E-state index in [9.17, 15) is 4.21 Å². The molecule has 0 saturated carbocycles. The third-order valence-electron chi connectivity index (χ3n) is 1.83. The van der Waals surface area contributed by atoms with E-state index in [1.807, 2.05) is 24.3 Å². The maximum Gasteiger partial charge on any atom is 0.118 e. The Balaban J connectivity index is 2.66. The molecular weight excluding hydrogens is 196 g/mol. The van der Waals surface area contributed by atoms with Gasteiger partial charge in [0.25, 0.3) is 0 Å². The molecule has 0 aromatic heterocycles. The number of hydrogen-bond acceptors (Lipinski definition) is 2. The molecule has 0 radical (unpaired) electrons. The Morgan fingerprint density at radius 2 is 2.07 bits per heavy atom. The number of allylic oxidation sites excluding steroid dienone is 1. The van der Waals surface area contributed by atoms with Crippen LogP contribution in [-0.2, 0) is 10.8 Å². The maximum absolute atomic E-state index is 11.6. The van der Waals surface area contributed by atoms with Crippen molar-refractivity contribution in [2.24, 2.45) is 0 Å². The quantitative estimate of drug-likeness (QED) is 0.697. The molecule has 2 nitrogen and oxygen atoms in total. The molecular formula is C11H14O2S. The fourth-order valence-electron chi connectivity index (χ4n) is 1.04. The van der Waals surface area contributed by atoms with Gasteiger partial charge in [0.2, 0.25) is 0 Å². The summed E-state index contributed by atoms with van der Waals surface area (Å²) in [6.07, 6.45) is 2.56. The molecule has 3 heteroatoms. The summed E-state index contributed by atoms with van der Waals surface area (Å²) in [5, 5.41) is 0. The van der Waals surface area contributed by atoms with Crippen molar-refractivity contribution in [2.45, 2.75) is 11.3 Å². The zero-order valence-electron chi connectivity index (χ0n) is 8.23. The summed E-state index contributed by atoms with van der Waals surface area (Å²) in [7, 11) is 0.694. The van der Waals surface area contributed by atoms with Crippen molar-refractivity contribution in [3.8, 4) is 5.75 Å². The Morgan fingerprint density at radius 1 is 1.43 bits per heavy atom. The molecule has 0 aliphatic carbocycles. The van der Waals surface area contributed by atoms with Crippen LogP contribution in [0.1, 0.15) is 6.42 Å². The largest absolute Gasteiger partial charge is 0.497 e. The molecule has 14 heavy (non-hydrogen) atoms. The van der Waals surface area contributed by atoms with Crippen LogP contribution in [0.15, 0.2) is 41.8 Å². The first-order chi connectivity index (χ1) is 6.77. The average molecular weight is 210 g/mol. The SMILES string of the molecule is C=CCCS(=O)c1ccc(OC)cc1. The predicted molar refractivity (Wildman–Crippen MR) is 59.1 cm³/mol. The zero-order valence-corrected chi connectivity index (χ0v) is 9.05. The molecule has 0 bridgehead atoms. The molecule has 0 aliphatic rings. The van der Waals surface area contributed by atoms with Gasteiger partial charge in [0.15, 0.2) is 0 Å². The topological polar surface area (TPSA) is 26.3 Å². The van der Waals surface area contributed by atoms with Crippen LogP contribution in [0.2, 0.25) is 0 Å². The second-order valence-electron chi connectivity index (χ2n) is 2.80. The van der Waals surface area contributed by atoms with E-state index < -0.39 is 10.8 Å². The second kappa shape index (κ2) is 5.60. The number of benzene rings is 1. The van der Waals surface area contributed by atoms with Gasteiger partial charge in [-0.25, -0.2) is 0 Å². The first-order valence-electron chi connectivity index (χ1n) is 4.41. The molecule has 0 saturated heterocycles. The van der Waals surface area contributed by atoms with Crippen LogP contribution in [0.4, 0.5) is 0 Å². The van der Waals surface area contributed by atoms with E-state index in [-0.39, 0.29) is 0 Å². The molecule has 0 spiro atoms. The Bertz CT molecular complexity index is 317. The lowest BCUT2D eigenvalue weighted by atomic mass is 10.3. The van der Waals surface area contributed by atoms with Crippen LogP contribution in [0.25, 0.3) is 0 Å². The van der Waals surface area contributed by atoms with Crippen molar-refractivity contribution in [2.75, 3.05) is 12.9 Å². The highest BCUT2D eigenvalue weighted by molar-refractivity contribution is 7.85. The smallest absolute Gasteiger partial charge is 0.118 e. The molecule has 0 heterocycles. The van der Waals surface area contributed by atoms with Crippen LogP contribution >= 0.6 is 0 Å². The van der Waals surface area contributed by atoms with Crippen LogP contribution in [0.3, 0.4) is 0 Å². The van der Waals surface area contributed by atoms with Crippen molar-refractivity contribution >= 4 is 10.8 Å². The lowest BCUT2D eigenvalue weighted by Gasteiger charge is -2.02. The molecule has 1 aromatic carbocycles. The summed E-state index contributed by atoms with van der Waals surface area (Å²) < 4.78 is 16.6. The van der Waals surface area contributed by atoms with E-state index in [4.69, 9.17) is 4.74 Å². The molecule has 0 N–H and O–H groups in total. The van der Waals surface area contributed by atoms with Gasteiger partial charge in [0.05, 0.1) is 17.9 Å².